The Hall–Kier alpha value is -2.51. The van der Waals surface area contributed by atoms with Crippen molar-refractivity contribution in [3.63, 3.8) is 0 Å². The number of fused-ring (bicyclic) bond motifs is 1. The molecule has 1 aromatic carbocycles. The van der Waals surface area contributed by atoms with Crippen molar-refractivity contribution in [2.24, 2.45) is 5.14 Å². The van der Waals surface area contributed by atoms with E-state index in [4.69, 9.17) is 14.3 Å². The van der Waals surface area contributed by atoms with Gasteiger partial charge in [-0.05, 0) is 46.4 Å². The van der Waals surface area contributed by atoms with Gasteiger partial charge in [0.25, 0.3) is 0 Å². The third kappa shape index (κ3) is 3.59. The minimum Gasteiger partial charge on any atom is -0.295 e. The number of halogens is 1. The van der Waals surface area contributed by atoms with E-state index in [1.807, 2.05) is 0 Å². The topological polar surface area (TPSA) is 147 Å². The Kier molecular flexibility index (Phi) is 4.81. The van der Waals surface area contributed by atoms with Gasteiger partial charge >= 0.3 is 5.76 Å². The SMILES string of the molecule is NS(=O)(=O)CCCSc1nonc1-c1noc(=O)n1[C@H]1Cc2ccc(F)cc21. The van der Waals surface area contributed by atoms with Crippen LogP contribution < -0.4 is 10.9 Å². The highest BCUT2D eigenvalue weighted by Gasteiger charge is 2.34. The first-order chi connectivity index (χ1) is 13.3. The van der Waals surface area contributed by atoms with E-state index >= 15 is 0 Å². The van der Waals surface area contributed by atoms with Crippen LogP contribution in [0.25, 0.3) is 11.5 Å². The summed E-state index contributed by atoms with van der Waals surface area (Å²) in [5.41, 5.74) is 1.79. The molecule has 1 aliphatic carbocycles. The normalized spacial score (nSPS) is 16.0. The molecule has 0 fully saturated rings. The summed E-state index contributed by atoms with van der Waals surface area (Å²) >= 11 is 1.19. The fraction of sp³-hybridized carbons (Fsp3) is 0.333. The maximum absolute atomic E-state index is 13.6. The van der Waals surface area contributed by atoms with Gasteiger partial charge in [-0.1, -0.05) is 11.2 Å². The number of primary sulfonamides is 1. The molecule has 0 radical (unpaired) electrons. The van der Waals surface area contributed by atoms with E-state index in [0.717, 1.165) is 5.56 Å². The first-order valence-corrected chi connectivity index (χ1v) is 10.9. The Morgan fingerprint density at radius 3 is 2.93 bits per heavy atom. The Morgan fingerprint density at radius 2 is 2.14 bits per heavy atom. The van der Waals surface area contributed by atoms with Gasteiger partial charge in [-0.3, -0.25) is 4.52 Å². The highest BCUT2D eigenvalue weighted by atomic mass is 32.2. The van der Waals surface area contributed by atoms with E-state index in [-0.39, 0.29) is 17.3 Å². The second kappa shape index (κ2) is 7.14. The molecule has 0 saturated carbocycles. The van der Waals surface area contributed by atoms with Crippen LogP contribution in [0.1, 0.15) is 23.6 Å². The molecule has 0 saturated heterocycles. The third-order valence-corrected chi connectivity index (χ3v) is 6.20. The number of thioether (sulfide) groups is 1. The van der Waals surface area contributed by atoms with Crippen molar-refractivity contribution >= 4 is 21.8 Å². The minimum absolute atomic E-state index is 0.111. The second-order valence-corrected chi connectivity index (χ2v) is 9.01. The summed E-state index contributed by atoms with van der Waals surface area (Å²) in [5, 5.41) is 16.6. The van der Waals surface area contributed by atoms with Crippen LogP contribution in [0.3, 0.4) is 0 Å². The van der Waals surface area contributed by atoms with Crippen molar-refractivity contribution in [1.82, 2.24) is 20.0 Å². The lowest BCUT2D eigenvalue weighted by Gasteiger charge is -2.30. The van der Waals surface area contributed by atoms with E-state index in [2.05, 4.69) is 15.5 Å². The molecule has 2 heterocycles. The highest BCUT2D eigenvalue weighted by molar-refractivity contribution is 7.99. The van der Waals surface area contributed by atoms with Gasteiger partial charge in [0, 0.05) is 5.75 Å². The maximum atomic E-state index is 13.6. The number of aromatic nitrogens is 4. The predicted octanol–water partition coefficient (Wildman–Crippen LogP) is 0.942. The van der Waals surface area contributed by atoms with Gasteiger partial charge in [-0.25, -0.2) is 31.9 Å². The van der Waals surface area contributed by atoms with E-state index in [0.29, 0.717) is 29.2 Å². The van der Waals surface area contributed by atoms with Gasteiger partial charge in [0.15, 0.2) is 10.7 Å². The zero-order chi connectivity index (χ0) is 19.9. The maximum Gasteiger partial charge on any atom is 0.442 e. The lowest BCUT2D eigenvalue weighted by molar-refractivity contribution is 0.299. The van der Waals surface area contributed by atoms with Crippen molar-refractivity contribution in [1.29, 1.82) is 0 Å². The minimum atomic E-state index is -3.55. The largest absolute Gasteiger partial charge is 0.442 e. The number of nitrogens with two attached hydrogens (primary N) is 1. The van der Waals surface area contributed by atoms with Crippen LogP contribution >= 0.6 is 11.8 Å². The van der Waals surface area contributed by atoms with Crippen molar-refractivity contribution in [2.45, 2.75) is 23.9 Å². The highest BCUT2D eigenvalue weighted by Crippen LogP contribution is 2.38. The van der Waals surface area contributed by atoms with Crippen LogP contribution in [0.15, 0.2) is 37.2 Å². The molecule has 2 aromatic heterocycles. The molecule has 1 atom stereocenters. The molecule has 0 unspecified atom stereocenters. The number of nitrogens with zero attached hydrogens (tertiary/aromatic N) is 4. The molecule has 0 amide bonds. The summed E-state index contributed by atoms with van der Waals surface area (Å²) in [6, 6.07) is 3.97. The predicted molar refractivity (Wildman–Crippen MR) is 95.6 cm³/mol. The zero-order valence-electron chi connectivity index (χ0n) is 14.2. The fourth-order valence-electron chi connectivity index (χ4n) is 3.01. The summed E-state index contributed by atoms with van der Waals surface area (Å²) in [6.45, 7) is 0. The quantitative estimate of drug-likeness (QED) is 0.430. The molecular formula is C15H14FN5O5S2. The van der Waals surface area contributed by atoms with Crippen molar-refractivity contribution in [2.75, 3.05) is 11.5 Å². The zero-order valence-corrected chi connectivity index (χ0v) is 15.9. The standard InChI is InChI=1S/C15H14FN5O5S2/c16-9-3-2-8-6-11(10(8)7-9)21-13(19-25-15(21)22)12-14(20-26-18-12)27-4-1-5-28(17,23)24/h2-3,7,11H,1,4-6H2,(H2,17,23,24)/t11-/m0/s1. The van der Waals surface area contributed by atoms with Gasteiger partial charge in [0.05, 0.1) is 11.8 Å². The van der Waals surface area contributed by atoms with Crippen LogP contribution in [-0.2, 0) is 16.4 Å². The second-order valence-electron chi connectivity index (χ2n) is 6.19. The van der Waals surface area contributed by atoms with E-state index in [1.54, 1.807) is 6.07 Å². The lowest BCUT2D eigenvalue weighted by atomic mass is 9.83. The molecule has 0 bridgehead atoms. The Bertz CT molecular complexity index is 1190. The summed E-state index contributed by atoms with van der Waals surface area (Å²) in [5.74, 6) is -0.774. The lowest BCUT2D eigenvalue weighted by Crippen LogP contribution is -2.31. The molecule has 10 nitrogen and oxygen atoms in total. The average Bonchev–Trinajstić information content (AvgIpc) is 3.21. The Balaban J connectivity index is 1.59. The molecule has 148 valence electrons. The van der Waals surface area contributed by atoms with Gasteiger partial charge in [-0.15, -0.1) is 11.8 Å². The van der Waals surface area contributed by atoms with Crippen molar-refractivity contribution in [3.05, 3.63) is 45.7 Å². The molecule has 0 spiro atoms. The molecule has 1 aliphatic rings. The van der Waals surface area contributed by atoms with E-state index in [1.165, 1.54) is 28.5 Å². The first-order valence-electron chi connectivity index (χ1n) is 8.16. The van der Waals surface area contributed by atoms with Crippen LogP contribution in [0.4, 0.5) is 4.39 Å². The monoisotopic (exact) mass is 427 g/mol. The Morgan fingerprint density at radius 1 is 1.32 bits per heavy atom. The number of hydrogen-bond donors (Lipinski definition) is 1. The smallest absolute Gasteiger partial charge is 0.295 e. The summed E-state index contributed by atoms with van der Waals surface area (Å²) in [6.07, 6.45) is 0.822. The van der Waals surface area contributed by atoms with Crippen molar-refractivity contribution in [3.8, 4) is 11.5 Å². The number of benzene rings is 1. The van der Waals surface area contributed by atoms with Crippen LogP contribution in [0.2, 0.25) is 0 Å². The van der Waals surface area contributed by atoms with Gasteiger partial charge < -0.3 is 0 Å². The van der Waals surface area contributed by atoms with Crippen LogP contribution in [0, 0.1) is 5.82 Å². The van der Waals surface area contributed by atoms with Gasteiger partial charge in [-0.2, -0.15) is 0 Å². The molecule has 2 N–H and O–H groups in total. The number of sulfonamides is 1. The molecular weight excluding hydrogens is 413 g/mol. The summed E-state index contributed by atoms with van der Waals surface area (Å²) < 4.78 is 46.4. The summed E-state index contributed by atoms with van der Waals surface area (Å²) in [7, 11) is -3.55. The molecule has 3 aromatic rings. The Labute approximate surface area is 161 Å². The van der Waals surface area contributed by atoms with Crippen LogP contribution in [0.5, 0.6) is 0 Å². The van der Waals surface area contributed by atoms with E-state index in [9.17, 15) is 17.6 Å². The molecule has 4 rings (SSSR count). The third-order valence-electron chi connectivity index (χ3n) is 4.31. The number of rotatable bonds is 7. The van der Waals surface area contributed by atoms with E-state index < -0.39 is 27.6 Å². The molecule has 13 heteroatoms. The molecule has 0 aliphatic heterocycles. The average molecular weight is 427 g/mol. The van der Waals surface area contributed by atoms with Gasteiger partial charge in [0.2, 0.25) is 15.8 Å². The fourth-order valence-corrected chi connectivity index (χ4v) is 4.57. The van der Waals surface area contributed by atoms with Gasteiger partial charge in [0.1, 0.15) is 5.82 Å². The summed E-state index contributed by atoms with van der Waals surface area (Å²) in [4.78, 5) is 12.2. The number of hydrogen-bond acceptors (Lipinski definition) is 9. The van der Waals surface area contributed by atoms with Crippen molar-refractivity contribution < 1.29 is 22.0 Å². The first kappa shape index (κ1) is 18.8. The molecule has 28 heavy (non-hydrogen) atoms. The van der Waals surface area contributed by atoms with Crippen LogP contribution in [-0.4, -0.2) is 40.0 Å².